The maximum atomic E-state index is 12.8. The van der Waals surface area contributed by atoms with Crippen molar-refractivity contribution in [3.8, 4) is 5.69 Å². The maximum absolute atomic E-state index is 12.8. The van der Waals surface area contributed by atoms with Crippen LogP contribution in [-0.4, -0.2) is 15.5 Å². The van der Waals surface area contributed by atoms with E-state index in [1.54, 1.807) is 6.07 Å². The van der Waals surface area contributed by atoms with Gasteiger partial charge in [0.25, 0.3) is 5.56 Å². The van der Waals surface area contributed by atoms with E-state index in [2.05, 4.69) is 10.1 Å². The normalized spacial score (nSPS) is 11.8. The van der Waals surface area contributed by atoms with Crippen LogP contribution < -0.4 is 5.56 Å². The fraction of sp³-hybridized carbons (Fsp3) is 0.158. The predicted molar refractivity (Wildman–Crippen MR) is 99.2 cm³/mol. The first kappa shape index (κ1) is 16.3. The van der Waals surface area contributed by atoms with Gasteiger partial charge in [-0.1, -0.05) is 41.4 Å². The van der Waals surface area contributed by atoms with Crippen LogP contribution in [0.25, 0.3) is 5.69 Å². The Morgan fingerprint density at radius 3 is 2.42 bits per heavy atom. The lowest BCUT2D eigenvalue weighted by molar-refractivity contribution is 0.835. The van der Waals surface area contributed by atoms with Gasteiger partial charge in [-0.15, -0.1) is 0 Å². The van der Waals surface area contributed by atoms with E-state index in [0.717, 1.165) is 16.9 Å². The van der Waals surface area contributed by atoms with E-state index in [1.807, 2.05) is 63.2 Å². The predicted octanol–water partition coefficient (Wildman–Crippen LogP) is 4.58. The van der Waals surface area contributed by atoms with Crippen LogP contribution in [-0.2, 0) is 0 Å². The summed E-state index contributed by atoms with van der Waals surface area (Å²) in [5, 5.41) is 3.68. The highest BCUT2D eigenvalue weighted by molar-refractivity contribution is 6.33. The molecule has 1 aromatic heterocycles. The Morgan fingerprint density at radius 1 is 1.08 bits per heavy atom. The van der Waals surface area contributed by atoms with Gasteiger partial charge in [-0.25, -0.2) is 4.68 Å². The largest absolute Gasteiger partial charge is 0.295 e. The van der Waals surface area contributed by atoms with Gasteiger partial charge in [0.05, 0.1) is 27.7 Å². The van der Waals surface area contributed by atoms with E-state index in [1.165, 1.54) is 4.68 Å². The smallest absolute Gasteiger partial charge is 0.280 e. The minimum atomic E-state index is -0.121. The summed E-state index contributed by atoms with van der Waals surface area (Å²) in [6, 6.07) is 15.1. The molecule has 1 N–H and O–H groups in total. The minimum absolute atomic E-state index is 0.121. The molecule has 0 spiro atoms. The van der Waals surface area contributed by atoms with Gasteiger partial charge >= 0.3 is 0 Å². The second-order valence-corrected chi connectivity index (χ2v) is 6.14. The van der Waals surface area contributed by atoms with Gasteiger partial charge in [-0.2, -0.15) is 0 Å². The van der Waals surface area contributed by atoms with Crippen LogP contribution in [0.5, 0.6) is 0 Å². The molecule has 4 nitrogen and oxygen atoms in total. The number of aliphatic imine (C=N–C) groups is 1. The number of aromatic amines is 1. The van der Waals surface area contributed by atoms with Crippen LogP contribution in [0.15, 0.2) is 58.3 Å². The van der Waals surface area contributed by atoms with Crippen molar-refractivity contribution in [2.45, 2.75) is 20.8 Å². The van der Waals surface area contributed by atoms with Gasteiger partial charge in [-0.3, -0.25) is 14.9 Å². The molecule has 0 aliphatic heterocycles. The zero-order valence-corrected chi connectivity index (χ0v) is 14.6. The molecule has 0 amide bonds. The topological polar surface area (TPSA) is 50.1 Å². The number of benzene rings is 2. The van der Waals surface area contributed by atoms with Crippen molar-refractivity contribution in [2.75, 3.05) is 0 Å². The summed E-state index contributed by atoms with van der Waals surface area (Å²) in [5.74, 6) is 0. The average molecular weight is 340 g/mol. The number of rotatable bonds is 3. The number of aryl methyl sites for hydroxylation is 2. The Hall–Kier alpha value is -2.59. The molecule has 0 aliphatic rings. The number of nitrogens with zero attached hydrogens (tertiary/aromatic N) is 2. The Balaban J connectivity index is 2.08. The van der Waals surface area contributed by atoms with Crippen LogP contribution in [0.4, 0.5) is 5.69 Å². The summed E-state index contributed by atoms with van der Waals surface area (Å²) in [7, 11) is 0. The summed E-state index contributed by atoms with van der Waals surface area (Å²) in [4.78, 5) is 17.3. The van der Waals surface area contributed by atoms with Crippen molar-refractivity contribution in [3.05, 3.63) is 80.7 Å². The highest BCUT2D eigenvalue weighted by Gasteiger charge is 2.15. The molecule has 0 bridgehead atoms. The molecule has 122 valence electrons. The molecule has 3 aromatic rings. The van der Waals surface area contributed by atoms with Crippen molar-refractivity contribution in [2.24, 2.45) is 4.99 Å². The molecule has 24 heavy (non-hydrogen) atoms. The quantitative estimate of drug-likeness (QED) is 0.698. The average Bonchev–Trinajstić information content (AvgIpc) is 2.85. The SMILES string of the molecule is CC(=Nc1ccccc1Cl)c1c(C)[nH]n(-c2ccc(C)cc2)c1=O. The maximum Gasteiger partial charge on any atom is 0.280 e. The Bertz CT molecular complexity index is 965. The molecular weight excluding hydrogens is 322 g/mol. The van der Waals surface area contributed by atoms with Crippen LogP contribution >= 0.6 is 11.6 Å². The van der Waals surface area contributed by atoms with Crippen molar-refractivity contribution in [3.63, 3.8) is 0 Å². The first-order valence-corrected chi connectivity index (χ1v) is 8.04. The van der Waals surface area contributed by atoms with Crippen LogP contribution in [0, 0.1) is 13.8 Å². The van der Waals surface area contributed by atoms with Gasteiger partial charge in [0, 0.05) is 5.69 Å². The van der Waals surface area contributed by atoms with Crippen molar-refractivity contribution in [1.82, 2.24) is 9.78 Å². The van der Waals surface area contributed by atoms with E-state index in [4.69, 9.17) is 11.6 Å². The fourth-order valence-corrected chi connectivity index (χ4v) is 2.81. The van der Waals surface area contributed by atoms with E-state index >= 15 is 0 Å². The third kappa shape index (κ3) is 3.05. The third-order valence-corrected chi connectivity index (χ3v) is 4.19. The molecule has 1 heterocycles. The number of hydrogen-bond acceptors (Lipinski definition) is 2. The molecule has 0 aliphatic carbocycles. The molecule has 0 saturated heterocycles. The van der Waals surface area contributed by atoms with Gasteiger partial charge in [0.15, 0.2) is 0 Å². The van der Waals surface area contributed by atoms with Crippen LogP contribution in [0.1, 0.15) is 23.7 Å². The molecule has 0 saturated carbocycles. The molecule has 0 atom stereocenters. The highest BCUT2D eigenvalue weighted by atomic mass is 35.5. The Labute approximate surface area is 145 Å². The van der Waals surface area contributed by atoms with E-state index in [-0.39, 0.29) is 5.56 Å². The molecule has 3 rings (SSSR count). The van der Waals surface area contributed by atoms with E-state index in [0.29, 0.717) is 22.0 Å². The summed E-state index contributed by atoms with van der Waals surface area (Å²) in [6.07, 6.45) is 0. The standard InChI is InChI=1S/C19H18ClN3O/c1-12-8-10-15(11-9-12)23-19(24)18(14(3)22-23)13(2)21-17-7-5-4-6-16(17)20/h4-11,22H,1-3H3. The van der Waals surface area contributed by atoms with Crippen LogP contribution in [0.3, 0.4) is 0 Å². The zero-order chi connectivity index (χ0) is 17.3. The third-order valence-electron chi connectivity index (χ3n) is 3.87. The monoisotopic (exact) mass is 339 g/mol. The highest BCUT2D eigenvalue weighted by Crippen LogP contribution is 2.24. The van der Waals surface area contributed by atoms with Gasteiger partial charge in [0.1, 0.15) is 0 Å². The number of nitrogens with one attached hydrogen (secondary N) is 1. The lowest BCUT2D eigenvalue weighted by Crippen LogP contribution is -2.19. The van der Waals surface area contributed by atoms with Crippen LogP contribution in [0.2, 0.25) is 5.02 Å². The summed E-state index contributed by atoms with van der Waals surface area (Å²) in [5.41, 5.74) is 4.44. The molecule has 5 heteroatoms. The van der Waals surface area contributed by atoms with Gasteiger partial charge in [-0.05, 0) is 45.0 Å². The number of aromatic nitrogens is 2. The van der Waals surface area contributed by atoms with E-state index < -0.39 is 0 Å². The number of hydrogen-bond donors (Lipinski definition) is 1. The second kappa shape index (κ2) is 6.49. The molecular formula is C19H18ClN3O. The lowest BCUT2D eigenvalue weighted by Gasteiger charge is -2.02. The fourth-order valence-electron chi connectivity index (χ4n) is 2.63. The van der Waals surface area contributed by atoms with Crippen molar-refractivity contribution >= 4 is 23.0 Å². The summed E-state index contributed by atoms with van der Waals surface area (Å²) >= 11 is 6.15. The van der Waals surface area contributed by atoms with E-state index in [9.17, 15) is 4.79 Å². The Kier molecular flexibility index (Phi) is 4.40. The Morgan fingerprint density at radius 2 is 1.75 bits per heavy atom. The second-order valence-electron chi connectivity index (χ2n) is 5.74. The van der Waals surface area contributed by atoms with Gasteiger partial charge in [0.2, 0.25) is 0 Å². The van der Waals surface area contributed by atoms with Crippen molar-refractivity contribution in [1.29, 1.82) is 0 Å². The van der Waals surface area contributed by atoms with Gasteiger partial charge < -0.3 is 0 Å². The molecule has 2 aromatic carbocycles. The molecule has 0 fully saturated rings. The summed E-state index contributed by atoms with van der Waals surface area (Å²) < 4.78 is 1.54. The molecule has 0 unspecified atom stereocenters. The summed E-state index contributed by atoms with van der Waals surface area (Å²) in [6.45, 7) is 5.70. The van der Waals surface area contributed by atoms with Crippen molar-refractivity contribution < 1.29 is 0 Å². The first-order valence-electron chi connectivity index (χ1n) is 7.66. The molecule has 0 radical (unpaired) electrons. The zero-order valence-electron chi connectivity index (χ0n) is 13.8. The number of halogens is 1. The lowest BCUT2D eigenvalue weighted by atomic mass is 10.1. The first-order chi connectivity index (χ1) is 11.5. The number of para-hydroxylation sites is 1. The minimum Gasteiger partial charge on any atom is -0.295 e. The number of H-pyrrole nitrogens is 1.